The molecule has 0 N–H and O–H groups in total. The first-order chi connectivity index (χ1) is 5.65. The van der Waals surface area contributed by atoms with Gasteiger partial charge in [0.1, 0.15) is 0 Å². The quantitative estimate of drug-likeness (QED) is 0.505. The molecule has 0 atom stereocenters. The van der Waals surface area contributed by atoms with Crippen molar-refractivity contribution in [3.05, 3.63) is 29.6 Å². The van der Waals surface area contributed by atoms with Crippen molar-refractivity contribution >= 4 is 6.47 Å². The van der Waals surface area contributed by atoms with Crippen molar-refractivity contribution in [3.8, 4) is 5.75 Å². The lowest BCUT2D eigenvalue weighted by atomic mass is 10.3. The smallest absolute Gasteiger partial charge is 0.298 e. The molecule has 0 unspecified atom stereocenters. The average Bonchev–Trinajstić information content (AvgIpc) is 2.01. The number of halogens is 3. The van der Waals surface area contributed by atoms with Crippen LogP contribution < -0.4 is 4.74 Å². The van der Waals surface area contributed by atoms with Gasteiger partial charge in [-0.05, 0) is 0 Å². The van der Waals surface area contributed by atoms with Crippen LogP contribution in [0.4, 0.5) is 13.2 Å². The first kappa shape index (κ1) is 8.58. The number of ether oxygens (including phenoxy) is 1. The molecule has 0 aliphatic rings. The molecule has 0 amide bonds. The maximum Gasteiger partial charge on any atom is 0.298 e. The summed E-state index contributed by atoms with van der Waals surface area (Å²) >= 11 is 0. The van der Waals surface area contributed by atoms with Gasteiger partial charge < -0.3 is 4.74 Å². The molecule has 0 saturated heterocycles. The van der Waals surface area contributed by atoms with E-state index >= 15 is 0 Å². The lowest BCUT2D eigenvalue weighted by Crippen LogP contribution is -1.95. The highest BCUT2D eigenvalue weighted by atomic mass is 19.2. The van der Waals surface area contributed by atoms with Crippen LogP contribution in [0.1, 0.15) is 0 Å². The Kier molecular flexibility index (Phi) is 2.32. The van der Waals surface area contributed by atoms with E-state index in [0.717, 1.165) is 0 Å². The van der Waals surface area contributed by atoms with Gasteiger partial charge in [-0.2, -0.15) is 0 Å². The topological polar surface area (TPSA) is 26.3 Å². The highest BCUT2D eigenvalue weighted by Gasteiger charge is 2.10. The van der Waals surface area contributed by atoms with Crippen molar-refractivity contribution in [3.63, 3.8) is 0 Å². The van der Waals surface area contributed by atoms with Gasteiger partial charge >= 0.3 is 0 Å². The summed E-state index contributed by atoms with van der Waals surface area (Å²) in [6.07, 6.45) is 0. The molecule has 0 fully saturated rings. The molecule has 0 heterocycles. The van der Waals surface area contributed by atoms with Gasteiger partial charge in [0.25, 0.3) is 6.47 Å². The van der Waals surface area contributed by atoms with E-state index in [1.165, 1.54) is 0 Å². The average molecular weight is 176 g/mol. The Morgan fingerprint density at radius 3 is 2.25 bits per heavy atom. The van der Waals surface area contributed by atoms with E-state index in [1.807, 2.05) is 0 Å². The van der Waals surface area contributed by atoms with Crippen LogP contribution in [0.3, 0.4) is 0 Å². The first-order valence-electron chi connectivity index (χ1n) is 2.90. The summed E-state index contributed by atoms with van der Waals surface area (Å²) in [5, 5.41) is 0. The zero-order valence-electron chi connectivity index (χ0n) is 5.68. The summed E-state index contributed by atoms with van der Waals surface area (Å²) in [6.45, 7) is -0.0737. The Labute approximate surface area is 65.6 Å². The number of hydrogen-bond acceptors (Lipinski definition) is 2. The van der Waals surface area contributed by atoms with Gasteiger partial charge in [0.05, 0.1) is 0 Å². The molecule has 0 saturated carbocycles. The van der Waals surface area contributed by atoms with Crippen molar-refractivity contribution in [2.24, 2.45) is 0 Å². The van der Waals surface area contributed by atoms with Gasteiger partial charge in [-0.15, -0.1) is 0 Å². The van der Waals surface area contributed by atoms with Crippen molar-refractivity contribution < 1.29 is 22.7 Å². The van der Waals surface area contributed by atoms with E-state index in [-0.39, 0.29) is 6.47 Å². The summed E-state index contributed by atoms with van der Waals surface area (Å²) in [4.78, 5) is 9.72. The summed E-state index contributed by atoms with van der Waals surface area (Å²) in [5.41, 5.74) is 0. The molecular weight excluding hydrogens is 173 g/mol. The number of carbonyl (C=O) groups is 1. The van der Waals surface area contributed by atoms with E-state index in [1.54, 1.807) is 0 Å². The Morgan fingerprint density at radius 1 is 1.08 bits per heavy atom. The predicted molar refractivity (Wildman–Crippen MR) is 33.0 cm³/mol. The number of hydrogen-bond donors (Lipinski definition) is 0. The van der Waals surface area contributed by atoms with Crippen molar-refractivity contribution in [2.45, 2.75) is 0 Å². The maximum absolute atomic E-state index is 12.5. The Bertz CT molecular complexity index is 312. The van der Waals surface area contributed by atoms with E-state index in [0.29, 0.717) is 12.1 Å². The third-order valence-corrected chi connectivity index (χ3v) is 1.15. The SMILES string of the molecule is O=COc1cc(F)c(F)cc1F. The molecule has 1 aromatic carbocycles. The Hall–Kier alpha value is -1.52. The van der Waals surface area contributed by atoms with Gasteiger partial charge in [0.2, 0.25) is 0 Å². The zero-order valence-corrected chi connectivity index (χ0v) is 5.68. The van der Waals surface area contributed by atoms with Crippen LogP contribution in [0, 0.1) is 17.5 Å². The van der Waals surface area contributed by atoms with Gasteiger partial charge in [-0.3, -0.25) is 4.79 Å². The lowest BCUT2D eigenvalue weighted by molar-refractivity contribution is -0.120. The molecule has 0 aliphatic heterocycles. The Balaban J connectivity index is 3.13. The van der Waals surface area contributed by atoms with Crippen LogP contribution in [0.15, 0.2) is 12.1 Å². The van der Waals surface area contributed by atoms with E-state index in [4.69, 9.17) is 0 Å². The maximum atomic E-state index is 12.5. The molecule has 0 radical (unpaired) electrons. The van der Waals surface area contributed by atoms with E-state index < -0.39 is 23.2 Å². The lowest BCUT2D eigenvalue weighted by Gasteiger charge is -1.99. The van der Waals surface area contributed by atoms with Crippen LogP contribution in [0.25, 0.3) is 0 Å². The fraction of sp³-hybridized carbons (Fsp3) is 0. The summed E-state index contributed by atoms with van der Waals surface area (Å²) < 4.78 is 41.1. The molecule has 0 bridgehead atoms. The summed E-state index contributed by atoms with van der Waals surface area (Å²) in [5.74, 6) is -4.36. The number of carbonyl (C=O) groups excluding carboxylic acids is 1. The standard InChI is InChI=1S/C7H3F3O2/c8-4-1-6(10)7(12-3-11)2-5(4)9/h1-3H. The normalized spacial score (nSPS) is 9.58. The highest BCUT2D eigenvalue weighted by molar-refractivity contribution is 5.45. The second kappa shape index (κ2) is 3.25. The van der Waals surface area contributed by atoms with E-state index in [2.05, 4.69) is 4.74 Å². The van der Waals surface area contributed by atoms with Crippen LogP contribution >= 0.6 is 0 Å². The third kappa shape index (κ3) is 1.55. The summed E-state index contributed by atoms with van der Waals surface area (Å²) in [7, 11) is 0. The molecule has 0 spiro atoms. The monoisotopic (exact) mass is 176 g/mol. The minimum absolute atomic E-state index is 0.0737. The van der Waals surface area contributed by atoms with Crippen LogP contribution in [-0.2, 0) is 4.79 Å². The highest BCUT2D eigenvalue weighted by Crippen LogP contribution is 2.19. The zero-order chi connectivity index (χ0) is 9.14. The van der Waals surface area contributed by atoms with Gasteiger partial charge in [0, 0.05) is 12.1 Å². The molecule has 64 valence electrons. The van der Waals surface area contributed by atoms with Gasteiger partial charge in [-0.25, -0.2) is 13.2 Å². The third-order valence-electron chi connectivity index (χ3n) is 1.15. The Morgan fingerprint density at radius 2 is 1.67 bits per heavy atom. The fourth-order valence-electron chi connectivity index (χ4n) is 0.646. The van der Waals surface area contributed by atoms with Crippen molar-refractivity contribution in [1.82, 2.24) is 0 Å². The molecule has 0 aromatic heterocycles. The molecule has 0 aliphatic carbocycles. The fourth-order valence-corrected chi connectivity index (χ4v) is 0.646. The van der Waals surface area contributed by atoms with Crippen molar-refractivity contribution in [1.29, 1.82) is 0 Å². The molecular formula is C7H3F3O2. The second-order valence-electron chi connectivity index (χ2n) is 1.91. The van der Waals surface area contributed by atoms with Crippen LogP contribution in [-0.4, -0.2) is 6.47 Å². The molecule has 1 rings (SSSR count). The van der Waals surface area contributed by atoms with Gasteiger partial charge in [0.15, 0.2) is 23.2 Å². The minimum atomic E-state index is -1.33. The van der Waals surface area contributed by atoms with Crippen LogP contribution in [0.5, 0.6) is 5.75 Å². The number of rotatable bonds is 2. The molecule has 5 heteroatoms. The first-order valence-corrected chi connectivity index (χ1v) is 2.90. The largest absolute Gasteiger partial charge is 0.425 e. The van der Waals surface area contributed by atoms with E-state index in [9.17, 15) is 18.0 Å². The molecule has 2 nitrogen and oxygen atoms in total. The van der Waals surface area contributed by atoms with Gasteiger partial charge in [-0.1, -0.05) is 0 Å². The molecule has 12 heavy (non-hydrogen) atoms. The minimum Gasteiger partial charge on any atom is -0.425 e. The number of benzene rings is 1. The van der Waals surface area contributed by atoms with Crippen LogP contribution in [0.2, 0.25) is 0 Å². The summed E-state index contributed by atoms with van der Waals surface area (Å²) in [6, 6.07) is 0.757. The van der Waals surface area contributed by atoms with Crippen molar-refractivity contribution in [2.75, 3.05) is 0 Å². The predicted octanol–water partition coefficient (Wildman–Crippen LogP) is 1.64. The molecule has 1 aromatic rings. The second-order valence-corrected chi connectivity index (χ2v) is 1.91.